The second-order valence-electron chi connectivity index (χ2n) is 4.08. The molecule has 0 spiro atoms. The van der Waals surface area contributed by atoms with Crippen LogP contribution in [0.15, 0.2) is 28.7 Å². The van der Waals surface area contributed by atoms with E-state index in [0.29, 0.717) is 6.04 Å². The van der Waals surface area contributed by atoms with E-state index in [1.165, 1.54) is 19.3 Å². The molecule has 1 nitrogen and oxygen atoms in total. The molecule has 0 radical (unpaired) electrons. The Kier molecular flexibility index (Phi) is 4.45. The molecule has 2 rings (SSSR count). The summed E-state index contributed by atoms with van der Waals surface area (Å²) in [6, 6.07) is 6.48. The van der Waals surface area contributed by atoms with E-state index >= 15 is 0 Å². The zero-order valence-electron chi connectivity index (χ0n) is 9.05. The molecular formula is C13H15BrClN. The minimum Gasteiger partial charge on any atom is -0.311 e. The number of nitrogens with one attached hydrogen (secondary N) is 1. The molecule has 1 aromatic rings. The lowest BCUT2D eigenvalue weighted by molar-refractivity contribution is 0.455. The van der Waals surface area contributed by atoms with Gasteiger partial charge in [0.2, 0.25) is 0 Å². The molecule has 1 fully saturated rings. The molecule has 1 aromatic carbocycles. The summed E-state index contributed by atoms with van der Waals surface area (Å²) >= 11 is 9.55. The maximum Gasteiger partial charge on any atom is 0.0489 e. The lowest BCUT2D eigenvalue weighted by atomic mass is 10.0. The molecule has 1 unspecified atom stereocenters. The predicted octanol–water partition coefficient (Wildman–Crippen LogP) is 4.26. The average molecular weight is 301 g/mol. The summed E-state index contributed by atoms with van der Waals surface area (Å²) in [4.78, 5) is 0. The van der Waals surface area contributed by atoms with Crippen LogP contribution in [0.4, 0.5) is 0 Å². The summed E-state index contributed by atoms with van der Waals surface area (Å²) in [7, 11) is 0. The first kappa shape index (κ1) is 12.2. The number of hydrogen-bond acceptors (Lipinski definition) is 1. The molecule has 86 valence electrons. The Morgan fingerprint density at radius 3 is 2.94 bits per heavy atom. The molecule has 1 atom stereocenters. The highest BCUT2D eigenvalue weighted by molar-refractivity contribution is 9.10. The van der Waals surface area contributed by atoms with E-state index in [1.807, 2.05) is 18.2 Å². The first-order chi connectivity index (χ1) is 7.75. The van der Waals surface area contributed by atoms with Crippen molar-refractivity contribution in [2.24, 2.45) is 0 Å². The van der Waals surface area contributed by atoms with Crippen LogP contribution in [0.2, 0.25) is 5.02 Å². The zero-order valence-corrected chi connectivity index (χ0v) is 11.4. The Morgan fingerprint density at radius 1 is 1.38 bits per heavy atom. The Labute approximate surface area is 110 Å². The number of hydrogen-bond donors (Lipinski definition) is 1. The van der Waals surface area contributed by atoms with Gasteiger partial charge in [-0.05, 0) is 37.1 Å². The van der Waals surface area contributed by atoms with Gasteiger partial charge in [-0.15, -0.1) is 0 Å². The number of benzene rings is 1. The highest BCUT2D eigenvalue weighted by Crippen LogP contribution is 2.22. The lowest BCUT2D eigenvalue weighted by Gasteiger charge is -2.20. The topological polar surface area (TPSA) is 12.0 Å². The standard InChI is InChI=1S/C13H15BrClN/c14-11-6-4-10(13(15)9-11)5-7-12-3-1-2-8-16-12/h4-7,9,12,16H,1-3,8H2/b7-5+. The highest BCUT2D eigenvalue weighted by atomic mass is 79.9. The van der Waals surface area contributed by atoms with E-state index in [9.17, 15) is 0 Å². The number of rotatable bonds is 2. The van der Waals surface area contributed by atoms with Crippen molar-refractivity contribution in [1.29, 1.82) is 0 Å². The van der Waals surface area contributed by atoms with Gasteiger partial charge in [0.05, 0.1) is 0 Å². The molecule has 0 amide bonds. The van der Waals surface area contributed by atoms with Gasteiger partial charge in [-0.3, -0.25) is 0 Å². The van der Waals surface area contributed by atoms with Gasteiger partial charge in [0, 0.05) is 15.5 Å². The Morgan fingerprint density at radius 2 is 2.25 bits per heavy atom. The van der Waals surface area contributed by atoms with Crippen LogP contribution in [0.3, 0.4) is 0 Å². The van der Waals surface area contributed by atoms with E-state index in [2.05, 4.69) is 33.4 Å². The van der Waals surface area contributed by atoms with Gasteiger partial charge in [0.1, 0.15) is 0 Å². The fourth-order valence-corrected chi connectivity index (χ4v) is 2.64. The quantitative estimate of drug-likeness (QED) is 0.860. The fraction of sp³-hybridized carbons (Fsp3) is 0.385. The van der Waals surface area contributed by atoms with Crippen molar-refractivity contribution < 1.29 is 0 Å². The van der Waals surface area contributed by atoms with Crippen molar-refractivity contribution in [2.45, 2.75) is 25.3 Å². The second-order valence-corrected chi connectivity index (χ2v) is 5.40. The molecule has 0 aromatic heterocycles. The molecule has 1 heterocycles. The maximum absolute atomic E-state index is 6.15. The van der Waals surface area contributed by atoms with Gasteiger partial charge in [0.15, 0.2) is 0 Å². The van der Waals surface area contributed by atoms with Gasteiger partial charge >= 0.3 is 0 Å². The molecular weight excluding hydrogens is 286 g/mol. The third-order valence-corrected chi connectivity index (χ3v) is 3.64. The third kappa shape index (κ3) is 3.34. The van der Waals surface area contributed by atoms with Crippen molar-refractivity contribution in [3.8, 4) is 0 Å². The van der Waals surface area contributed by atoms with Crippen molar-refractivity contribution in [2.75, 3.05) is 6.54 Å². The van der Waals surface area contributed by atoms with Crippen LogP contribution in [0.5, 0.6) is 0 Å². The predicted molar refractivity (Wildman–Crippen MR) is 73.8 cm³/mol. The Balaban J connectivity index is 2.04. The van der Waals surface area contributed by atoms with E-state index in [4.69, 9.17) is 11.6 Å². The van der Waals surface area contributed by atoms with Crippen LogP contribution in [-0.4, -0.2) is 12.6 Å². The third-order valence-electron chi connectivity index (χ3n) is 2.82. The minimum absolute atomic E-state index is 0.508. The van der Waals surface area contributed by atoms with Crippen LogP contribution < -0.4 is 5.32 Å². The molecule has 1 aliphatic heterocycles. The van der Waals surface area contributed by atoms with E-state index in [-0.39, 0.29) is 0 Å². The van der Waals surface area contributed by atoms with E-state index < -0.39 is 0 Å². The van der Waals surface area contributed by atoms with Crippen molar-refractivity contribution >= 4 is 33.6 Å². The fourth-order valence-electron chi connectivity index (χ4n) is 1.90. The van der Waals surface area contributed by atoms with E-state index in [1.54, 1.807) is 0 Å². The van der Waals surface area contributed by atoms with E-state index in [0.717, 1.165) is 21.6 Å². The number of halogens is 2. The molecule has 1 saturated heterocycles. The first-order valence-electron chi connectivity index (χ1n) is 5.62. The molecule has 0 saturated carbocycles. The molecule has 3 heteroatoms. The Hall–Kier alpha value is -0.310. The second kappa shape index (κ2) is 5.85. The lowest BCUT2D eigenvalue weighted by Crippen LogP contribution is -2.31. The van der Waals surface area contributed by atoms with Crippen molar-refractivity contribution in [3.63, 3.8) is 0 Å². The summed E-state index contributed by atoms with van der Waals surface area (Å²) in [5.74, 6) is 0. The summed E-state index contributed by atoms with van der Waals surface area (Å²) in [6.07, 6.45) is 8.16. The summed E-state index contributed by atoms with van der Waals surface area (Å²) in [5.41, 5.74) is 1.08. The summed E-state index contributed by atoms with van der Waals surface area (Å²) < 4.78 is 1.02. The Bertz CT molecular complexity index is 384. The highest BCUT2D eigenvalue weighted by Gasteiger charge is 2.08. The van der Waals surface area contributed by atoms with Gasteiger partial charge < -0.3 is 5.32 Å². The van der Waals surface area contributed by atoms with Crippen molar-refractivity contribution in [3.05, 3.63) is 39.3 Å². The average Bonchev–Trinajstić information content (AvgIpc) is 2.29. The summed E-state index contributed by atoms with van der Waals surface area (Å²) in [5, 5.41) is 4.27. The SMILES string of the molecule is Clc1cc(Br)ccc1/C=C/C1CCCCN1. The van der Waals surface area contributed by atoms with Crippen LogP contribution in [-0.2, 0) is 0 Å². The van der Waals surface area contributed by atoms with Crippen molar-refractivity contribution in [1.82, 2.24) is 5.32 Å². The largest absolute Gasteiger partial charge is 0.311 e. The normalized spacial score (nSPS) is 21.5. The van der Waals surface area contributed by atoms with Gasteiger partial charge in [0.25, 0.3) is 0 Å². The van der Waals surface area contributed by atoms with Gasteiger partial charge in [-0.1, -0.05) is 52.2 Å². The van der Waals surface area contributed by atoms with Crippen LogP contribution in [0.25, 0.3) is 6.08 Å². The monoisotopic (exact) mass is 299 g/mol. The summed E-state index contributed by atoms with van der Waals surface area (Å²) in [6.45, 7) is 1.13. The number of piperidine rings is 1. The smallest absolute Gasteiger partial charge is 0.0489 e. The molecule has 0 bridgehead atoms. The molecule has 1 N–H and O–H groups in total. The van der Waals surface area contributed by atoms with Gasteiger partial charge in [-0.25, -0.2) is 0 Å². The van der Waals surface area contributed by atoms with Gasteiger partial charge in [-0.2, -0.15) is 0 Å². The first-order valence-corrected chi connectivity index (χ1v) is 6.79. The van der Waals surface area contributed by atoms with Crippen LogP contribution in [0.1, 0.15) is 24.8 Å². The van der Waals surface area contributed by atoms with Crippen LogP contribution >= 0.6 is 27.5 Å². The maximum atomic E-state index is 6.15. The molecule has 1 aliphatic rings. The minimum atomic E-state index is 0.508. The van der Waals surface area contributed by atoms with Crippen LogP contribution in [0, 0.1) is 0 Å². The molecule has 0 aliphatic carbocycles. The zero-order chi connectivity index (χ0) is 11.4. The molecule has 16 heavy (non-hydrogen) atoms.